The largest absolute Gasteiger partial charge is 0.505 e. The number of carbonyl (C=O) groups excluding carboxylic acids is 1. The van der Waals surface area contributed by atoms with E-state index in [4.69, 9.17) is 0 Å². The Morgan fingerprint density at radius 2 is 2.26 bits per heavy atom. The van der Waals surface area contributed by atoms with Gasteiger partial charge < -0.3 is 15.3 Å². The van der Waals surface area contributed by atoms with E-state index in [-0.39, 0.29) is 17.4 Å². The number of rotatable bonds is 4. The van der Waals surface area contributed by atoms with Crippen LogP contribution in [0.15, 0.2) is 18.3 Å². The van der Waals surface area contributed by atoms with Gasteiger partial charge in [0, 0.05) is 12.7 Å². The van der Waals surface area contributed by atoms with Gasteiger partial charge in [-0.3, -0.25) is 4.79 Å². The van der Waals surface area contributed by atoms with Crippen molar-refractivity contribution in [2.75, 3.05) is 26.2 Å². The van der Waals surface area contributed by atoms with E-state index in [9.17, 15) is 9.90 Å². The molecule has 0 aromatic carbocycles. The summed E-state index contributed by atoms with van der Waals surface area (Å²) in [6, 6.07) is 3.08. The first-order valence-corrected chi connectivity index (χ1v) is 6.85. The maximum absolute atomic E-state index is 11.9. The lowest BCUT2D eigenvalue weighted by Crippen LogP contribution is -2.38. The smallest absolute Gasteiger partial charge is 0.273 e. The minimum atomic E-state index is -0.295. The molecule has 0 radical (unpaired) electrons. The Kier molecular flexibility index (Phi) is 4.74. The number of nitrogens with one attached hydrogen (secondary N) is 1. The molecule has 0 aliphatic carbocycles. The van der Waals surface area contributed by atoms with Gasteiger partial charge in [0.1, 0.15) is 5.75 Å². The molecule has 0 unspecified atom stereocenters. The third-order valence-electron chi connectivity index (χ3n) is 3.71. The summed E-state index contributed by atoms with van der Waals surface area (Å²) < 4.78 is 0. The first kappa shape index (κ1) is 13.8. The van der Waals surface area contributed by atoms with Crippen LogP contribution in [0.4, 0.5) is 0 Å². The Balaban J connectivity index is 1.80. The van der Waals surface area contributed by atoms with Gasteiger partial charge in [-0.15, -0.1) is 0 Å². The van der Waals surface area contributed by atoms with Crippen LogP contribution < -0.4 is 5.32 Å². The predicted molar refractivity (Wildman–Crippen MR) is 73.1 cm³/mol. The third kappa shape index (κ3) is 3.67. The lowest BCUT2D eigenvalue weighted by Gasteiger charge is -2.30. The zero-order valence-electron chi connectivity index (χ0n) is 11.3. The van der Waals surface area contributed by atoms with Gasteiger partial charge in [-0.2, -0.15) is 0 Å². The maximum Gasteiger partial charge on any atom is 0.273 e. The lowest BCUT2D eigenvalue weighted by molar-refractivity contribution is 0.0929. The molecule has 2 N–H and O–H groups in total. The van der Waals surface area contributed by atoms with Crippen LogP contribution >= 0.6 is 0 Å². The number of aromatic hydroxyl groups is 1. The third-order valence-corrected chi connectivity index (χ3v) is 3.71. The Bertz CT molecular complexity index is 428. The highest BCUT2D eigenvalue weighted by molar-refractivity contribution is 5.94. The zero-order valence-corrected chi connectivity index (χ0v) is 11.3. The van der Waals surface area contributed by atoms with Gasteiger partial charge in [0.05, 0.1) is 0 Å². The van der Waals surface area contributed by atoms with Crippen LogP contribution in [0.1, 0.15) is 30.3 Å². The van der Waals surface area contributed by atoms with E-state index in [0.29, 0.717) is 12.5 Å². The standard InChI is InChI=1S/C14H21N3O2/c1-2-17-8-5-11(6-9-17)10-16-14(19)13-12(18)4-3-7-15-13/h3-4,7,11,18H,2,5-6,8-10H2,1H3,(H,16,19). The van der Waals surface area contributed by atoms with E-state index in [1.165, 1.54) is 12.3 Å². The van der Waals surface area contributed by atoms with E-state index in [2.05, 4.69) is 22.1 Å². The minimum Gasteiger partial charge on any atom is -0.505 e. The van der Waals surface area contributed by atoms with Crippen LogP contribution in [-0.4, -0.2) is 47.1 Å². The second kappa shape index (κ2) is 6.52. The molecule has 2 rings (SSSR count). The average Bonchev–Trinajstić information content (AvgIpc) is 2.46. The number of piperidine rings is 1. The van der Waals surface area contributed by atoms with E-state index in [1.54, 1.807) is 6.07 Å². The number of likely N-dealkylation sites (tertiary alicyclic amines) is 1. The van der Waals surface area contributed by atoms with E-state index in [1.807, 2.05) is 0 Å². The summed E-state index contributed by atoms with van der Waals surface area (Å²) in [4.78, 5) is 18.2. The van der Waals surface area contributed by atoms with Crippen molar-refractivity contribution in [1.29, 1.82) is 0 Å². The molecule has 104 valence electrons. The summed E-state index contributed by atoms with van der Waals surface area (Å²) in [5.74, 6) is 0.162. The molecular weight excluding hydrogens is 242 g/mol. The van der Waals surface area contributed by atoms with E-state index >= 15 is 0 Å². The van der Waals surface area contributed by atoms with Gasteiger partial charge in [-0.25, -0.2) is 4.98 Å². The molecule has 1 aromatic heterocycles. The van der Waals surface area contributed by atoms with Crippen LogP contribution in [0, 0.1) is 5.92 Å². The van der Waals surface area contributed by atoms with Crippen LogP contribution in [0.3, 0.4) is 0 Å². The average molecular weight is 263 g/mol. The molecule has 0 spiro atoms. The fraction of sp³-hybridized carbons (Fsp3) is 0.571. The molecule has 2 heterocycles. The number of carbonyl (C=O) groups is 1. The molecule has 1 fully saturated rings. The minimum absolute atomic E-state index is 0.0687. The van der Waals surface area contributed by atoms with Gasteiger partial charge in [0.2, 0.25) is 0 Å². The number of hydrogen-bond acceptors (Lipinski definition) is 4. The highest BCUT2D eigenvalue weighted by Crippen LogP contribution is 2.17. The van der Waals surface area contributed by atoms with Gasteiger partial charge in [-0.05, 0) is 50.5 Å². The molecule has 5 heteroatoms. The van der Waals surface area contributed by atoms with Crippen molar-refractivity contribution in [3.05, 3.63) is 24.0 Å². The first-order chi connectivity index (χ1) is 9.20. The van der Waals surface area contributed by atoms with E-state index < -0.39 is 0 Å². The fourth-order valence-corrected chi connectivity index (χ4v) is 2.40. The highest BCUT2D eigenvalue weighted by Gasteiger charge is 2.19. The molecule has 1 aliphatic rings. The van der Waals surface area contributed by atoms with Crippen molar-refractivity contribution in [2.45, 2.75) is 19.8 Å². The quantitative estimate of drug-likeness (QED) is 0.858. The number of hydrogen-bond donors (Lipinski definition) is 2. The number of aromatic nitrogens is 1. The molecule has 0 bridgehead atoms. The van der Waals surface area contributed by atoms with Crippen molar-refractivity contribution in [3.63, 3.8) is 0 Å². The zero-order chi connectivity index (χ0) is 13.7. The predicted octanol–water partition coefficient (Wildman–Crippen LogP) is 1.25. The van der Waals surface area contributed by atoms with Gasteiger partial charge in [0.15, 0.2) is 5.69 Å². The molecule has 1 aromatic rings. The topological polar surface area (TPSA) is 65.5 Å². The van der Waals surface area contributed by atoms with Crippen molar-refractivity contribution in [1.82, 2.24) is 15.2 Å². The fourth-order valence-electron chi connectivity index (χ4n) is 2.40. The Hall–Kier alpha value is -1.62. The lowest BCUT2D eigenvalue weighted by atomic mass is 9.97. The monoisotopic (exact) mass is 263 g/mol. The Morgan fingerprint density at radius 1 is 1.53 bits per heavy atom. The molecule has 0 atom stereocenters. The van der Waals surface area contributed by atoms with Crippen LogP contribution in [0.25, 0.3) is 0 Å². The molecule has 1 saturated heterocycles. The van der Waals surface area contributed by atoms with Crippen molar-refractivity contribution in [3.8, 4) is 5.75 Å². The molecule has 19 heavy (non-hydrogen) atoms. The molecule has 5 nitrogen and oxygen atoms in total. The number of pyridine rings is 1. The van der Waals surface area contributed by atoms with Crippen molar-refractivity contribution in [2.24, 2.45) is 5.92 Å². The van der Waals surface area contributed by atoms with Crippen molar-refractivity contribution >= 4 is 5.91 Å². The maximum atomic E-state index is 11.9. The number of amides is 1. The summed E-state index contributed by atoms with van der Waals surface area (Å²) in [7, 11) is 0. The molecule has 1 aliphatic heterocycles. The van der Waals surface area contributed by atoms with Gasteiger partial charge in [0.25, 0.3) is 5.91 Å². The Morgan fingerprint density at radius 3 is 2.89 bits per heavy atom. The summed E-state index contributed by atoms with van der Waals surface area (Å²) >= 11 is 0. The summed E-state index contributed by atoms with van der Waals surface area (Å²) in [5.41, 5.74) is 0.105. The molecule has 0 saturated carbocycles. The SMILES string of the molecule is CCN1CCC(CNC(=O)c2ncccc2O)CC1. The highest BCUT2D eigenvalue weighted by atomic mass is 16.3. The van der Waals surface area contributed by atoms with Crippen LogP contribution in [0.5, 0.6) is 5.75 Å². The summed E-state index contributed by atoms with van der Waals surface area (Å²) in [6.07, 6.45) is 3.74. The second-order valence-electron chi connectivity index (χ2n) is 4.96. The first-order valence-electron chi connectivity index (χ1n) is 6.85. The normalized spacial score (nSPS) is 17.3. The second-order valence-corrected chi connectivity index (χ2v) is 4.96. The summed E-state index contributed by atoms with van der Waals surface area (Å²) in [6.45, 7) is 6.14. The molecular formula is C14H21N3O2. The van der Waals surface area contributed by atoms with Crippen LogP contribution in [-0.2, 0) is 0 Å². The number of nitrogens with zero attached hydrogens (tertiary/aromatic N) is 2. The Labute approximate surface area is 113 Å². The van der Waals surface area contributed by atoms with Crippen LogP contribution in [0.2, 0.25) is 0 Å². The summed E-state index contributed by atoms with van der Waals surface area (Å²) in [5, 5.41) is 12.4. The molecule has 1 amide bonds. The van der Waals surface area contributed by atoms with Gasteiger partial charge in [-0.1, -0.05) is 6.92 Å². The van der Waals surface area contributed by atoms with Gasteiger partial charge >= 0.3 is 0 Å². The van der Waals surface area contributed by atoms with E-state index in [0.717, 1.165) is 32.5 Å². The van der Waals surface area contributed by atoms with Crippen molar-refractivity contribution < 1.29 is 9.90 Å².